The Hall–Kier alpha value is -0.830. The molecular weight excluding hydrogens is 216 g/mol. The molecule has 17 heavy (non-hydrogen) atoms. The second-order valence-electron chi connectivity index (χ2n) is 5.38. The molecule has 0 aromatic heterocycles. The van der Waals surface area contributed by atoms with Crippen LogP contribution < -0.4 is 0 Å². The summed E-state index contributed by atoms with van der Waals surface area (Å²) >= 11 is 0. The zero-order chi connectivity index (χ0) is 12.4. The molecule has 0 saturated carbocycles. The molecule has 1 aliphatic carbocycles. The van der Waals surface area contributed by atoms with Gasteiger partial charge in [-0.15, -0.1) is 0 Å². The number of methoxy groups -OCH3 is 1. The lowest BCUT2D eigenvalue weighted by Crippen LogP contribution is -2.44. The number of hydrogen-bond acceptors (Lipinski definition) is 3. The molecule has 0 radical (unpaired) electrons. The van der Waals surface area contributed by atoms with Crippen LogP contribution in [0.4, 0.5) is 0 Å². The van der Waals surface area contributed by atoms with E-state index in [1.807, 2.05) is 0 Å². The molecule has 0 aromatic carbocycles. The molecule has 1 heterocycles. The van der Waals surface area contributed by atoms with Crippen LogP contribution in [0.2, 0.25) is 0 Å². The Labute approximate surface area is 103 Å². The third-order valence-corrected chi connectivity index (χ3v) is 3.86. The van der Waals surface area contributed by atoms with E-state index in [1.54, 1.807) is 0 Å². The number of ether oxygens (including phenoxy) is 2. The second-order valence-corrected chi connectivity index (χ2v) is 5.38. The number of rotatable bonds is 2. The van der Waals surface area contributed by atoms with E-state index in [1.165, 1.54) is 25.5 Å². The van der Waals surface area contributed by atoms with Crippen LogP contribution >= 0.6 is 0 Å². The summed E-state index contributed by atoms with van der Waals surface area (Å²) in [6.45, 7) is 4.33. The maximum atomic E-state index is 11.6. The number of allylic oxidation sites excluding steroid dienone is 1. The molecular formula is C14H22O3. The number of hydrogen-bond donors (Lipinski definition) is 0. The minimum Gasteiger partial charge on any atom is -0.467 e. The lowest BCUT2D eigenvalue weighted by molar-refractivity contribution is -0.166. The van der Waals surface area contributed by atoms with Gasteiger partial charge < -0.3 is 9.47 Å². The van der Waals surface area contributed by atoms with E-state index in [-0.39, 0.29) is 12.1 Å². The van der Waals surface area contributed by atoms with Crippen LogP contribution in [0, 0.1) is 11.8 Å². The summed E-state index contributed by atoms with van der Waals surface area (Å²) in [6, 6.07) is 0. The van der Waals surface area contributed by atoms with Crippen molar-refractivity contribution < 1.29 is 14.3 Å². The molecule has 3 heteroatoms. The summed E-state index contributed by atoms with van der Waals surface area (Å²) in [4.78, 5) is 11.6. The molecule has 0 unspecified atom stereocenters. The van der Waals surface area contributed by atoms with Gasteiger partial charge in [0.05, 0.1) is 13.2 Å². The van der Waals surface area contributed by atoms with Crippen molar-refractivity contribution in [1.82, 2.24) is 0 Å². The van der Waals surface area contributed by atoms with Crippen LogP contribution in [-0.4, -0.2) is 25.3 Å². The van der Waals surface area contributed by atoms with Crippen molar-refractivity contribution in [1.29, 1.82) is 0 Å². The van der Waals surface area contributed by atoms with Gasteiger partial charge in [0.1, 0.15) is 0 Å². The lowest BCUT2D eigenvalue weighted by Gasteiger charge is -2.41. The van der Waals surface area contributed by atoms with Gasteiger partial charge >= 0.3 is 5.97 Å². The average molecular weight is 238 g/mol. The summed E-state index contributed by atoms with van der Waals surface area (Å²) in [6.07, 6.45) is 6.38. The predicted octanol–water partition coefficient (Wildman–Crippen LogP) is 2.70. The molecule has 1 aliphatic heterocycles. The van der Waals surface area contributed by atoms with Gasteiger partial charge in [0.25, 0.3) is 0 Å². The Kier molecular flexibility index (Phi) is 3.87. The van der Waals surface area contributed by atoms with Crippen LogP contribution in [0.15, 0.2) is 11.6 Å². The largest absolute Gasteiger partial charge is 0.467 e. The Bertz CT molecular complexity index is 319. The fourth-order valence-corrected chi connectivity index (χ4v) is 3.01. The summed E-state index contributed by atoms with van der Waals surface area (Å²) in [5.41, 5.74) is 1.41. The van der Waals surface area contributed by atoms with Gasteiger partial charge in [-0.3, -0.25) is 0 Å². The minimum atomic E-state index is -0.395. The highest BCUT2D eigenvalue weighted by Crippen LogP contribution is 2.40. The molecule has 96 valence electrons. The van der Waals surface area contributed by atoms with Crippen molar-refractivity contribution in [3.05, 3.63) is 11.6 Å². The van der Waals surface area contributed by atoms with Gasteiger partial charge in [0.2, 0.25) is 0 Å². The molecule has 0 spiro atoms. The van der Waals surface area contributed by atoms with E-state index >= 15 is 0 Å². The van der Waals surface area contributed by atoms with Gasteiger partial charge in [-0.1, -0.05) is 25.5 Å². The van der Waals surface area contributed by atoms with E-state index in [2.05, 4.69) is 19.9 Å². The van der Waals surface area contributed by atoms with Gasteiger partial charge in [0.15, 0.2) is 6.10 Å². The molecule has 0 amide bonds. The highest BCUT2D eigenvalue weighted by atomic mass is 16.6. The molecule has 3 atom stereocenters. The standard InChI is InChI=1S/C14H22O3/c1-9(2)13-11-7-5-4-6-10(11)8-12(17-13)14(15)16-3/h6,9,11-13H,4-5,7-8H2,1-3H3/t11-,12+,13+/m0/s1. The first-order valence-electron chi connectivity index (χ1n) is 6.55. The number of esters is 1. The maximum absolute atomic E-state index is 11.6. The highest BCUT2D eigenvalue weighted by Gasteiger charge is 2.39. The molecule has 2 aliphatic rings. The summed E-state index contributed by atoms with van der Waals surface area (Å²) in [5.74, 6) is 0.721. The minimum absolute atomic E-state index is 0.166. The van der Waals surface area contributed by atoms with E-state index in [9.17, 15) is 4.79 Å². The first kappa shape index (κ1) is 12.6. The Morgan fingerprint density at radius 2 is 2.29 bits per heavy atom. The van der Waals surface area contributed by atoms with Gasteiger partial charge in [0, 0.05) is 12.3 Å². The fraction of sp³-hybridized carbons (Fsp3) is 0.786. The first-order valence-corrected chi connectivity index (χ1v) is 6.55. The highest BCUT2D eigenvalue weighted by molar-refractivity contribution is 5.75. The van der Waals surface area contributed by atoms with Crippen LogP contribution in [0.3, 0.4) is 0 Å². The van der Waals surface area contributed by atoms with Crippen LogP contribution in [0.5, 0.6) is 0 Å². The fourth-order valence-electron chi connectivity index (χ4n) is 3.01. The van der Waals surface area contributed by atoms with Gasteiger partial charge in [-0.25, -0.2) is 4.79 Å². The van der Waals surface area contributed by atoms with E-state index < -0.39 is 6.10 Å². The topological polar surface area (TPSA) is 35.5 Å². The molecule has 1 saturated heterocycles. The van der Waals surface area contributed by atoms with Crippen molar-refractivity contribution in [2.45, 2.75) is 51.7 Å². The molecule has 2 rings (SSSR count). The third-order valence-electron chi connectivity index (χ3n) is 3.86. The zero-order valence-corrected chi connectivity index (χ0v) is 10.9. The Balaban J connectivity index is 2.18. The first-order chi connectivity index (χ1) is 8.13. The molecule has 3 nitrogen and oxygen atoms in total. The predicted molar refractivity (Wildman–Crippen MR) is 65.6 cm³/mol. The zero-order valence-electron chi connectivity index (χ0n) is 10.9. The second kappa shape index (κ2) is 5.21. The number of carbonyl (C=O) groups is 1. The van der Waals surface area contributed by atoms with Crippen LogP contribution in [-0.2, 0) is 14.3 Å². The van der Waals surface area contributed by atoms with E-state index in [4.69, 9.17) is 9.47 Å². The van der Waals surface area contributed by atoms with Crippen molar-refractivity contribution in [3.63, 3.8) is 0 Å². The van der Waals surface area contributed by atoms with Crippen molar-refractivity contribution in [2.24, 2.45) is 11.8 Å². The van der Waals surface area contributed by atoms with Gasteiger partial charge in [-0.2, -0.15) is 0 Å². The van der Waals surface area contributed by atoms with Gasteiger partial charge in [-0.05, 0) is 25.2 Å². The van der Waals surface area contributed by atoms with Crippen molar-refractivity contribution in [3.8, 4) is 0 Å². The summed E-state index contributed by atoms with van der Waals surface area (Å²) in [7, 11) is 1.43. The van der Waals surface area contributed by atoms with Crippen molar-refractivity contribution >= 4 is 5.97 Å². The number of fused-ring (bicyclic) bond motifs is 1. The Morgan fingerprint density at radius 1 is 1.53 bits per heavy atom. The van der Waals surface area contributed by atoms with Crippen molar-refractivity contribution in [2.75, 3.05) is 7.11 Å². The van der Waals surface area contributed by atoms with E-state index in [0.29, 0.717) is 11.8 Å². The molecule has 1 fully saturated rings. The van der Waals surface area contributed by atoms with Crippen LogP contribution in [0.25, 0.3) is 0 Å². The average Bonchev–Trinajstić information content (AvgIpc) is 2.36. The molecule has 0 aromatic rings. The maximum Gasteiger partial charge on any atom is 0.335 e. The summed E-state index contributed by atoms with van der Waals surface area (Å²) in [5, 5.41) is 0. The normalized spacial score (nSPS) is 32.9. The quantitative estimate of drug-likeness (QED) is 0.548. The molecule has 0 N–H and O–H groups in total. The van der Waals surface area contributed by atoms with E-state index in [0.717, 1.165) is 12.8 Å². The SMILES string of the molecule is COC(=O)[C@H]1CC2=CCCC[C@@H]2[C@@H](C(C)C)O1. The molecule has 0 bridgehead atoms. The lowest BCUT2D eigenvalue weighted by atomic mass is 9.76. The third kappa shape index (κ3) is 2.54. The summed E-state index contributed by atoms with van der Waals surface area (Å²) < 4.78 is 10.8. The smallest absolute Gasteiger partial charge is 0.335 e. The monoisotopic (exact) mass is 238 g/mol. The van der Waals surface area contributed by atoms with Crippen LogP contribution in [0.1, 0.15) is 39.5 Å². The number of carbonyl (C=O) groups excluding carboxylic acids is 1. The Morgan fingerprint density at radius 3 is 2.94 bits per heavy atom.